The van der Waals surface area contributed by atoms with Crippen LogP contribution in [0.25, 0.3) is 17.1 Å². The number of hydrogen-bond donors (Lipinski definition) is 1. The second-order valence-corrected chi connectivity index (χ2v) is 9.89. The number of alkyl halides is 3. The number of anilines is 1. The van der Waals surface area contributed by atoms with Crippen LogP contribution in [0.3, 0.4) is 0 Å². The molecule has 35 heavy (non-hydrogen) atoms. The van der Waals surface area contributed by atoms with Crippen molar-refractivity contribution in [2.24, 2.45) is 0 Å². The number of halogens is 3. The van der Waals surface area contributed by atoms with Crippen LogP contribution in [0, 0.1) is 6.92 Å². The Morgan fingerprint density at radius 3 is 2.43 bits per heavy atom. The van der Waals surface area contributed by atoms with Crippen molar-refractivity contribution in [1.29, 1.82) is 0 Å². The number of rotatable bonds is 3. The molecule has 180 valence electrons. The molecule has 3 aromatic heterocycles. The SMILES string of the molecule is Cc1ccc(S(=O)(=O)N2CCc3c([nH]n(-c4ccc(C(F)(F)F)cn4)c3=O)-c3cccnc32)cc1. The average Bonchev–Trinajstić information content (AvgIpc) is 3.05. The summed E-state index contributed by atoms with van der Waals surface area (Å²) in [6.07, 6.45) is -2.40. The molecule has 0 saturated carbocycles. The summed E-state index contributed by atoms with van der Waals surface area (Å²) >= 11 is 0. The van der Waals surface area contributed by atoms with E-state index in [-0.39, 0.29) is 35.1 Å². The second-order valence-electron chi connectivity index (χ2n) is 8.02. The van der Waals surface area contributed by atoms with E-state index >= 15 is 0 Å². The van der Waals surface area contributed by atoms with E-state index in [1.165, 1.54) is 22.6 Å². The first-order valence-corrected chi connectivity index (χ1v) is 11.9. The van der Waals surface area contributed by atoms with Gasteiger partial charge in [0.15, 0.2) is 11.6 Å². The van der Waals surface area contributed by atoms with Gasteiger partial charge in [0.1, 0.15) is 0 Å². The van der Waals surface area contributed by atoms with Crippen LogP contribution in [-0.4, -0.2) is 34.7 Å². The van der Waals surface area contributed by atoms with Crippen molar-refractivity contribution in [3.05, 3.63) is 88.0 Å². The van der Waals surface area contributed by atoms with Gasteiger partial charge in [0.05, 0.1) is 16.2 Å². The van der Waals surface area contributed by atoms with E-state index in [1.807, 2.05) is 6.92 Å². The summed E-state index contributed by atoms with van der Waals surface area (Å²) in [6, 6.07) is 11.6. The fourth-order valence-electron chi connectivity index (χ4n) is 3.96. The number of benzene rings is 1. The van der Waals surface area contributed by atoms with Gasteiger partial charge in [-0.2, -0.15) is 13.2 Å². The first-order valence-electron chi connectivity index (χ1n) is 10.5. The average molecular weight is 501 g/mol. The maximum atomic E-state index is 13.5. The molecular formula is C23H18F3N5O3S. The monoisotopic (exact) mass is 501 g/mol. The third-order valence-electron chi connectivity index (χ3n) is 5.76. The van der Waals surface area contributed by atoms with Crippen molar-refractivity contribution in [3.63, 3.8) is 0 Å². The Labute approximate surface area is 197 Å². The van der Waals surface area contributed by atoms with Crippen molar-refractivity contribution >= 4 is 15.8 Å². The molecule has 1 aliphatic rings. The van der Waals surface area contributed by atoms with Crippen LogP contribution in [0.4, 0.5) is 19.0 Å². The van der Waals surface area contributed by atoms with Gasteiger partial charge in [-0.3, -0.25) is 9.89 Å². The Balaban J connectivity index is 1.61. The largest absolute Gasteiger partial charge is 0.417 e. The zero-order chi connectivity index (χ0) is 25.0. The zero-order valence-corrected chi connectivity index (χ0v) is 19.1. The molecule has 0 aliphatic carbocycles. The Morgan fingerprint density at radius 1 is 1.03 bits per heavy atom. The van der Waals surface area contributed by atoms with Gasteiger partial charge in [-0.15, -0.1) is 0 Å². The summed E-state index contributed by atoms with van der Waals surface area (Å²) in [6.45, 7) is 1.79. The number of sulfonamides is 1. The maximum absolute atomic E-state index is 13.5. The highest BCUT2D eigenvalue weighted by atomic mass is 32.2. The number of aromatic nitrogens is 4. The maximum Gasteiger partial charge on any atom is 0.417 e. The van der Waals surface area contributed by atoms with Crippen LogP contribution in [-0.2, 0) is 22.6 Å². The molecule has 4 aromatic rings. The van der Waals surface area contributed by atoms with Crippen LogP contribution in [0.2, 0.25) is 0 Å². The predicted octanol–water partition coefficient (Wildman–Crippen LogP) is 3.70. The molecule has 0 atom stereocenters. The fraction of sp³-hybridized carbons (Fsp3) is 0.174. The molecule has 0 unspecified atom stereocenters. The van der Waals surface area contributed by atoms with Crippen molar-refractivity contribution in [2.75, 3.05) is 10.8 Å². The number of nitrogens with zero attached hydrogens (tertiary/aromatic N) is 4. The zero-order valence-electron chi connectivity index (χ0n) is 18.2. The number of aromatic amines is 1. The summed E-state index contributed by atoms with van der Waals surface area (Å²) in [4.78, 5) is 21.4. The number of pyridine rings is 2. The molecule has 8 nitrogen and oxygen atoms in total. The Kier molecular flexibility index (Phi) is 5.28. The summed E-state index contributed by atoms with van der Waals surface area (Å²) in [5.41, 5.74) is 0.429. The van der Waals surface area contributed by atoms with Crippen LogP contribution < -0.4 is 9.86 Å². The van der Waals surface area contributed by atoms with E-state index in [2.05, 4.69) is 15.1 Å². The van der Waals surface area contributed by atoms with Crippen molar-refractivity contribution in [1.82, 2.24) is 19.7 Å². The molecule has 5 rings (SSSR count). The molecule has 0 fully saturated rings. The molecule has 0 saturated heterocycles. The van der Waals surface area contributed by atoms with Crippen LogP contribution in [0.5, 0.6) is 0 Å². The second kappa shape index (κ2) is 8.08. The van der Waals surface area contributed by atoms with E-state index in [4.69, 9.17) is 0 Å². The molecule has 4 heterocycles. The van der Waals surface area contributed by atoms with Gasteiger partial charge in [0.25, 0.3) is 15.6 Å². The number of fused-ring (bicyclic) bond motifs is 3. The Bertz CT molecular complexity index is 1570. The first-order chi connectivity index (χ1) is 16.6. The summed E-state index contributed by atoms with van der Waals surface area (Å²) in [7, 11) is -3.98. The van der Waals surface area contributed by atoms with Gasteiger partial charge in [-0.25, -0.2) is 27.4 Å². The molecule has 0 bridgehead atoms. The minimum atomic E-state index is -4.56. The third-order valence-corrected chi connectivity index (χ3v) is 7.56. The van der Waals surface area contributed by atoms with Gasteiger partial charge in [-0.1, -0.05) is 17.7 Å². The molecular weight excluding hydrogens is 483 g/mol. The lowest BCUT2D eigenvalue weighted by Crippen LogP contribution is -2.34. The summed E-state index contributed by atoms with van der Waals surface area (Å²) in [5.74, 6) is 0.117. The summed E-state index contributed by atoms with van der Waals surface area (Å²) in [5, 5.41) is 2.89. The van der Waals surface area contributed by atoms with Crippen LogP contribution >= 0.6 is 0 Å². The van der Waals surface area contributed by atoms with Crippen LogP contribution in [0.1, 0.15) is 16.7 Å². The molecule has 0 amide bonds. The minimum Gasteiger partial charge on any atom is -0.288 e. The number of nitrogens with one attached hydrogen (secondary N) is 1. The van der Waals surface area contributed by atoms with Gasteiger partial charge >= 0.3 is 6.18 Å². The van der Waals surface area contributed by atoms with Crippen molar-refractivity contribution < 1.29 is 21.6 Å². The first kappa shape index (κ1) is 22.8. The molecule has 1 aliphatic heterocycles. The number of H-pyrrole nitrogens is 1. The lowest BCUT2D eigenvalue weighted by atomic mass is 10.1. The van der Waals surface area contributed by atoms with E-state index in [9.17, 15) is 26.4 Å². The summed E-state index contributed by atoms with van der Waals surface area (Å²) < 4.78 is 67.8. The van der Waals surface area contributed by atoms with Crippen molar-refractivity contribution in [3.8, 4) is 17.1 Å². The van der Waals surface area contributed by atoms with E-state index < -0.39 is 27.3 Å². The lowest BCUT2D eigenvalue weighted by Gasteiger charge is -2.23. The Morgan fingerprint density at radius 2 is 1.77 bits per heavy atom. The molecule has 0 radical (unpaired) electrons. The quantitative estimate of drug-likeness (QED) is 0.461. The van der Waals surface area contributed by atoms with E-state index in [0.717, 1.165) is 22.4 Å². The fourth-order valence-corrected chi connectivity index (χ4v) is 5.39. The van der Waals surface area contributed by atoms with Gasteiger partial charge in [-0.05, 0) is 49.7 Å². The predicted molar refractivity (Wildman–Crippen MR) is 122 cm³/mol. The Hall–Kier alpha value is -3.93. The van der Waals surface area contributed by atoms with Gasteiger partial charge < -0.3 is 0 Å². The molecule has 0 spiro atoms. The molecule has 1 aromatic carbocycles. The van der Waals surface area contributed by atoms with Crippen LogP contribution in [0.15, 0.2) is 70.6 Å². The molecule has 1 N–H and O–H groups in total. The third kappa shape index (κ3) is 3.89. The smallest absolute Gasteiger partial charge is 0.288 e. The topological polar surface area (TPSA) is 101 Å². The normalized spacial score (nSPS) is 13.8. The van der Waals surface area contributed by atoms with E-state index in [1.54, 1.807) is 24.3 Å². The molecule has 12 heteroatoms. The number of hydrogen-bond acceptors (Lipinski definition) is 5. The van der Waals surface area contributed by atoms with E-state index in [0.29, 0.717) is 17.5 Å². The van der Waals surface area contributed by atoms with Crippen molar-refractivity contribution in [2.45, 2.75) is 24.4 Å². The highest BCUT2D eigenvalue weighted by molar-refractivity contribution is 7.92. The standard InChI is InChI=1S/C23H18F3N5O3S/c1-14-4-7-16(8-5-14)35(33,34)30-12-10-18-20(17-3-2-11-27-21(17)30)29-31(22(18)32)19-9-6-15(13-28-19)23(24,25)26/h2-9,11,13,29H,10,12H2,1H3. The highest BCUT2D eigenvalue weighted by Gasteiger charge is 2.34. The van der Waals surface area contributed by atoms with Gasteiger partial charge in [0, 0.05) is 30.1 Å². The minimum absolute atomic E-state index is 0.0225. The number of aryl methyl sites for hydroxylation is 1. The highest BCUT2D eigenvalue weighted by Crippen LogP contribution is 2.36. The lowest BCUT2D eigenvalue weighted by molar-refractivity contribution is -0.137. The van der Waals surface area contributed by atoms with Gasteiger partial charge in [0.2, 0.25) is 0 Å².